The third-order valence-electron chi connectivity index (χ3n) is 2.24. The summed E-state index contributed by atoms with van der Waals surface area (Å²) < 4.78 is 0. The van der Waals surface area contributed by atoms with E-state index in [-0.39, 0.29) is 17.1 Å². The molecule has 0 spiro atoms. The van der Waals surface area contributed by atoms with Crippen molar-refractivity contribution in [3.63, 3.8) is 0 Å². The fraction of sp³-hybridized carbons (Fsp3) is 0. The Bertz CT molecular complexity index is 549. The zero-order chi connectivity index (χ0) is 11.0. The predicted octanol–water partition coefficient (Wildman–Crippen LogP) is 1.35. The van der Waals surface area contributed by atoms with Gasteiger partial charge in [0.2, 0.25) is 0 Å². The number of hydrogen-bond acceptors (Lipinski definition) is 3. The molecule has 76 valence electrons. The highest BCUT2D eigenvalue weighted by molar-refractivity contribution is 6.01. The van der Waals surface area contributed by atoms with Crippen LogP contribution in [0.25, 0.3) is 10.8 Å². The Hall–Kier alpha value is -2.23. The second-order valence-electron chi connectivity index (χ2n) is 3.23. The Morgan fingerprint density at radius 3 is 2.53 bits per heavy atom. The minimum atomic E-state index is -0.697. The maximum Gasteiger partial charge on any atom is 0.252 e. The second-order valence-corrected chi connectivity index (χ2v) is 3.23. The SMILES string of the molecule is NC(=O)c1cc2cccc(O)c2cc1O. The topological polar surface area (TPSA) is 83.6 Å². The van der Waals surface area contributed by atoms with Crippen LogP contribution in [0.2, 0.25) is 0 Å². The summed E-state index contributed by atoms with van der Waals surface area (Å²) in [5.74, 6) is -0.868. The smallest absolute Gasteiger partial charge is 0.252 e. The first kappa shape index (κ1) is 9.33. The number of phenolic OH excluding ortho intramolecular Hbond substituents is 1. The summed E-state index contributed by atoms with van der Waals surface area (Å²) in [5.41, 5.74) is 5.13. The van der Waals surface area contributed by atoms with Crippen molar-refractivity contribution in [2.45, 2.75) is 0 Å². The van der Waals surface area contributed by atoms with E-state index < -0.39 is 5.91 Å². The number of carbonyl (C=O) groups excluding carboxylic acids is 1. The number of rotatable bonds is 1. The molecular formula is C11H9NO3. The average Bonchev–Trinajstić information content (AvgIpc) is 2.18. The van der Waals surface area contributed by atoms with Gasteiger partial charge in [0.15, 0.2) is 0 Å². The van der Waals surface area contributed by atoms with E-state index in [1.807, 2.05) is 0 Å². The van der Waals surface area contributed by atoms with Crippen LogP contribution in [0.15, 0.2) is 30.3 Å². The van der Waals surface area contributed by atoms with Crippen LogP contribution in [0.5, 0.6) is 11.5 Å². The van der Waals surface area contributed by atoms with Gasteiger partial charge < -0.3 is 15.9 Å². The standard InChI is InChI=1S/C11H9NO3/c12-11(15)8-4-6-2-1-3-9(13)7(6)5-10(8)14/h1-5,13-14H,(H2,12,15). The molecule has 0 atom stereocenters. The summed E-state index contributed by atoms with van der Waals surface area (Å²) in [6.45, 7) is 0. The molecule has 0 unspecified atom stereocenters. The van der Waals surface area contributed by atoms with E-state index in [9.17, 15) is 15.0 Å². The molecule has 2 aromatic rings. The molecule has 0 saturated carbocycles. The number of fused-ring (bicyclic) bond motifs is 1. The first-order valence-electron chi connectivity index (χ1n) is 4.34. The normalized spacial score (nSPS) is 10.4. The number of primary amides is 1. The minimum Gasteiger partial charge on any atom is -0.507 e. The maximum atomic E-state index is 11.0. The van der Waals surface area contributed by atoms with Crippen LogP contribution >= 0.6 is 0 Å². The molecule has 4 nitrogen and oxygen atoms in total. The van der Waals surface area contributed by atoms with Gasteiger partial charge in [-0.2, -0.15) is 0 Å². The second kappa shape index (κ2) is 3.16. The number of benzene rings is 2. The molecule has 15 heavy (non-hydrogen) atoms. The van der Waals surface area contributed by atoms with Gasteiger partial charge in [-0.15, -0.1) is 0 Å². The van der Waals surface area contributed by atoms with Gasteiger partial charge in [-0.05, 0) is 23.6 Å². The van der Waals surface area contributed by atoms with Crippen LogP contribution in [0, 0.1) is 0 Å². The van der Waals surface area contributed by atoms with Crippen LogP contribution in [0.4, 0.5) is 0 Å². The molecule has 0 saturated heterocycles. The van der Waals surface area contributed by atoms with Crippen molar-refractivity contribution in [3.05, 3.63) is 35.9 Å². The zero-order valence-corrected chi connectivity index (χ0v) is 7.77. The van der Waals surface area contributed by atoms with Crippen LogP contribution in [-0.4, -0.2) is 16.1 Å². The molecule has 1 amide bonds. The van der Waals surface area contributed by atoms with Crippen molar-refractivity contribution in [2.24, 2.45) is 5.73 Å². The van der Waals surface area contributed by atoms with E-state index in [0.29, 0.717) is 10.8 Å². The number of phenols is 2. The van der Waals surface area contributed by atoms with E-state index >= 15 is 0 Å². The predicted molar refractivity (Wildman–Crippen MR) is 55.8 cm³/mol. The van der Waals surface area contributed by atoms with Crippen LogP contribution in [-0.2, 0) is 0 Å². The monoisotopic (exact) mass is 203 g/mol. The summed E-state index contributed by atoms with van der Waals surface area (Å²) in [7, 11) is 0. The largest absolute Gasteiger partial charge is 0.507 e. The summed E-state index contributed by atoms with van der Waals surface area (Å²) in [4.78, 5) is 11.0. The van der Waals surface area contributed by atoms with Crippen molar-refractivity contribution < 1.29 is 15.0 Å². The lowest BCUT2D eigenvalue weighted by atomic mass is 10.0. The van der Waals surface area contributed by atoms with E-state index in [1.54, 1.807) is 12.1 Å². The van der Waals surface area contributed by atoms with Crippen molar-refractivity contribution in [3.8, 4) is 11.5 Å². The van der Waals surface area contributed by atoms with Crippen molar-refractivity contribution >= 4 is 16.7 Å². The van der Waals surface area contributed by atoms with Crippen LogP contribution in [0.1, 0.15) is 10.4 Å². The third kappa shape index (κ3) is 1.46. The van der Waals surface area contributed by atoms with Crippen molar-refractivity contribution in [1.29, 1.82) is 0 Å². The van der Waals surface area contributed by atoms with Crippen LogP contribution in [0.3, 0.4) is 0 Å². The molecule has 0 radical (unpaired) electrons. The number of hydrogen-bond donors (Lipinski definition) is 3. The molecule has 2 aromatic carbocycles. The van der Waals surface area contributed by atoms with Gasteiger partial charge in [0.25, 0.3) is 5.91 Å². The molecule has 0 bridgehead atoms. The quantitative estimate of drug-likeness (QED) is 0.654. The Labute approximate surface area is 85.6 Å². The summed E-state index contributed by atoms with van der Waals surface area (Å²) in [6, 6.07) is 7.66. The molecule has 0 heterocycles. The first-order chi connectivity index (χ1) is 7.09. The highest BCUT2D eigenvalue weighted by atomic mass is 16.3. The van der Waals surface area contributed by atoms with Crippen molar-refractivity contribution in [1.82, 2.24) is 0 Å². The van der Waals surface area contributed by atoms with E-state index in [4.69, 9.17) is 5.73 Å². The van der Waals surface area contributed by atoms with Gasteiger partial charge in [0.05, 0.1) is 5.56 Å². The molecule has 4 heteroatoms. The van der Waals surface area contributed by atoms with E-state index in [2.05, 4.69) is 0 Å². The Kier molecular flexibility index (Phi) is 1.97. The lowest BCUT2D eigenvalue weighted by Crippen LogP contribution is -2.10. The molecule has 0 aliphatic heterocycles. The molecular weight excluding hydrogens is 194 g/mol. The van der Waals surface area contributed by atoms with Gasteiger partial charge in [0.1, 0.15) is 11.5 Å². The molecule has 0 aliphatic carbocycles. The lowest BCUT2D eigenvalue weighted by Gasteiger charge is -2.04. The summed E-state index contributed by atoms with van der Waals surface area (Å²) in [6.07, 6.45) is 0. The molecule has 4 N–H and O–H groups in total. The van der Waals surface area contributed by atoms with E-state index in [1.165, 1.54) is 18.2 Å². The molecule has 0 aromatic heterocycles. The number of amides is 1. The van der Waals surface area contributed by atoms with Gasteiger partial charge in [0, 0.05) is 5.39 Å². The molecule has 0 aliphatic rings. The third-order valence-corrected chi connectivity index (χ3v) is 2.24. The van der Waals surface area contributed by atoms with Gasteiger partial charge in [-0.3, -0.25) is 4.79 Å². The van der Waals surface area contributed by atoms with Gasteiger partial charge in [-0.1, -0.05) is 12.1 Å². The summed E-state index contributed by atoms with van der Waals surface area (Å²) in [5, 5.41) is 20.1. The molecule has 0 fully saturated rings. The molecule has 2 rings (SSSR count). The van der Waals surface area contributed by atoms with Gasteiger partial charge >= 0.3 is 0 Å². The lowest BCUT2D eigenvalue weighted by molar-refractivity contribution is 0.0998. The summed E-state index contributed by atoms with van der Waals surface area (Å²) >= 11 is 0. The number of carbonyl (C=O) groups is 1. The van der Waals surface area contributed by atoms with E-state index in [0.717, 1.165) is 0 Å². The number of nitrogens with two attached hydrogens (primary N) is 1. The first-order valence-corrected chi connectivity index (χ1v) is 4.34. The average molecular weight is 203 g/mol. The Morgan fingerprint density at radius 1 is 1.13 bits per heavy atom. The Balaban J connectivity index is 2.82. The zero-order valence-electron chi connectivity index (χ0n) is 7.77. The van der Waals surface area contributed by atoms with Gasteiger partial charge in [-0.25, -0.2) is 0 Å². The number of aromatic hydroxyl groups is 2. The minimum absolute atomic E-state index is 0.0492. The fourth-order valence-corrected chi connectivity index (χ4v) is 1.49. The van der Waals surface area contributed by atoms with Crippen molar-refractivity contribution in [2.75, 3.05) is 0 Å². The fourth-order valence-electron chi connectivity index (χ4n) is 1.49. The van der Waals surface area contributed by atoms with Crippen LogP contribution < -0.4 is 5.73 Å². The highest BCUT2D eigenvalue weighted by Crippen LogP contribution is 2.30. The Morgan fingerprint density at radius 2 is 1.87 bits per heavy atom. The maximum absolute atomic E-state index is 11.0. The highest BCUT2D eigenvalue weighted by Gasteiger charge is 2.10.